The Morgan fingerprint density at radius 1 is 1.16 bits per heavy atom. The molecule has 3 rings (SSSR count). The summed E-state index contributed by atoms with van der Waals surface area (Å²) in [6, 6.07) is 10.8. The number of carbonyl (C=O) groups excluding carboxylic acids is 1. The maximum Gasteiger partial charge on any atom is 0.244 e. The van der Waals surface area contributed by atoms with Crippen molar-refractivity contribution >= 4 is 35.2 Å². The van der Waals surface area contributed by atoms with Crippen LogP contribution in [0.25, 0.3) is 11.9 Å². The van der Waals surface area contributed by atoms with Crippen LogP contribution in [0.4, 0.5) is 0 Å². The van der Waals surface area contributed by atoms with Crippen molar-refractivity contribution < 1.29 is 4.79 Å². The molecule has 2 heterocycles. The van der Waals surface area contributed by atoms with Gasteiger partial charge in [0.15, 0.2) is 5.82 Å². The first-order valence-corrected chi connectivity index (χ1v) is 8.24. The van der Waals surface area contributed by atoms with Crippen molar-refractivity contribution in [1.82, 2.24) is 20.1 Å². The molecule has 0 atom stereocenters. The van der Waals surface area contributed by atoms with E-state index < -0.39 is 0 Å². The summed E-state index contributed by atoms with van der Waals surface area (Å²) in [6.45, 7) is 0.329. The third kappa shape index (κ3) is 4.26. The highest BCUT2D eigenvalue weighted by Gasteiger charge is 2.07. The molecular formula is C18H14Cl2N4O. The van der Waals surface area contributed by atoms with Gasteiger partial charge < -0.3 is 5.32 Å². The molecule has 1 N–H and O–H groups in total. The number of hydrogen-bond donors (Lipinski definition) is 1. The third-order valence-corrected chi connectivity index (χ3v) is 4.27. The van der Waals surface area contributed by atoms with Gasteiger partial charge in [0.25, 0.3) is 0 Å². The van der Waals surface area contributed by atoms with Gasteiger partial charge in [-0.2, -0.15) is 5.10 Å². The summed E-state index contributed by atoms with van der Waals surface area (Å²) in [7, 11) is 0. The molecular weight excluding hydrogens is 359 g/mol. The van der Waals surface area contributed by atoms with Crippen molar-refractivity contribution in [2.45, 2.75) is 6.54 Å². The van der Waals surface area contributed by atoms with E-state index in [1.807, 2.05) is 18.2 Å². The molecule has 0 bridgehead atoms. The van der Waals surface area contributed by atoms with Crippen molar-refractivity contribution in [2.75, 3.05) is 0 Å². The van der Waals surface area contributed by atoms with E-state index >= 15 is 0 Å². The highest BCUT2D eigenvalue weighted by Crippen LogP contribution is 2.26. The number of amides is 1. The first kappa shape index (κ1) is 17.2. The lowest BCUT2D eigenvalue weighted by Gasteiger charge is -2.08. The van der Waals surface area contributed by atoms with E-state index in [4.69, 9.17) is 23.2 Å². The summed E-state index contributed by atoms with van der Waals surface area (Å²) in [5.41, 5.74) is 1.54. The van der Waals surface area contributed by atoms with Gasteiger partial charge in [0.05, 0.1) is 10.0 Å². The number of benzene rings is 1. The summed E-state index contributed by atoms with van der Waals surface area (Å²) >= 11 is 12.0. The molecule has 7 heteroatoms. The molecule has 0 saturated carbocycles. The zero-order valence-electron chi connectivity index (χ0n) is 13.1. The second-order valence-electron chi connectivity index (χ2n) is 5.13. The van der Waals surface area contributed by atoms with Crippen LogP contribution in [0.3, 0.4) is 0 Å². The molecule has 25 heavy (non-hydrogen) atoms. The normalized spacial score (nSPS) is 11.0. The number of hydrogen-bond acceptors (Lipinski definition) is 3. The SMILES string of the molecule is O=C(/C=C/c1cccc(Cl)c1Cl)NCc1cccnc1-n1cccn1. The van der Waals surface area contributed by atoms with E-state index in [2.05, 4.69) is 15.4 Å². The summed E-state index contributed by atoms with van der Waals surface area (Å²) < 4.78 is 1.66. The Balaban J connectivity index is 1.67. The second kappa shape index (κ2) is 7.96. The third-order valence-electron chi connectivity index (χ3n) is 3.44. The summed E-state index contributed by atoms with van der Waals surface area (Å²) in [4.78, 5) is 16.4. The minimum Gasteiger partial charge on any atom is -0.348 e. The van der Waals surface area contributed by atoms with Crippen LogP contribution in [-0.2, 0) is 11.3 Å². The van der Waals surface area contributed by atoms with Crippen molar-refractivity contribution in [2.24, 2.45) is 0 Å². The van der Waals surface area contributed by atoms with Gasteiger partial charge in [-0.25, -0.2) is 9.67 Å². The molecule has 5 nitrogen and oxygen atoms in total. The highest BCUT2D eigenvalue weighted by atomic mass is 35.5. The molecule has 0 fully saturated rings. The Kier molecular flexibility index (Phi) is 5.48. The molecule has 0 aliphatic carbocycles. The topological polar surface area (TPSA) is 59.8 Å². The molecule has 0 unspecified atom stereocenters. The summed E-state index contributed by atoms with van der Waals surface area (Å²) in [5, 5.41) is 7.86. The molecule has 0 spiro atoms. The first-order valence-electron chi connectivity index (χ1n) is 7.49. The number of pyridine rings is 1. The predicted molar refractivity (Wildman–Crippen MR) is 98.7 cm³/mol. The van der Waals surface area contributed by atoms with Gasteiger partial charge >= 0.3 is 0 Å². The minimum atomic E-state index is -0.244. The van der Waals surface area contributed by atoms with Gasteiger partial charge in [-0.05, 0) is 29.8 Å². The van der Waals surface area contributed by atoms with Gasteiger partial charge in [-0.1, -0.05) is 41.4 Å². The molecule has 0 radical (unpaired) electrons. The molecule has 1 aromatic carbocycles. The number of carbonyl (C=O) groups is 1. The van der Waals surface area contributed by atoms with E-state index in [1.54, 1.807) is 47.5 Å². The van der Waals surface area contributed by atoms with Crippen LogP contribution in [0.2, 0.25) is 10.0 Å². The second-order valence-corrected chi connectivity index (χ2v) is 5.92. The number of halogens is 2. The molecule has 126 valence electrons. The number of nitrogens with one attached hydrogen (secondary N) is 1. The fourth-order valence-corrected chi connectivity index (χ4v) is 2.60. The lowest BCUT2D eigenvalue weighted by atomic mass is 10.2. The van der Waals surface area contributed by atoms with Crippen LogP contribution in [0.1, 0.15) is 11.1 Å². The van der Waals surface area contributed by atoms with E-state index in [-0.39, 0.29) is 5.91 Å². The van der Waals surface area contributed by atoms with E-state index in [0.717, 1.165) is 5.56 Å². The molecule has 0 aliphatic heterocycles. The lowest BCUT2D eigenvalue weighted by molar-refractivity contribution is -0.116. The van der Waals surface area contributed by atoms with E-state index in [9.17, 15) is 4.79 Å². The van der Waals surface area contributed by atoms with Gasteiger partial charge in [0.1, 0.15) is 0 Å². The van der Waals surface area contributed by atoms with E-state index in [0.29, 0.717) is 28.0 Å². The van der Waals surface area contributed by atoms with Crippen molar-refractivity contribution in [3.63, 3.8) is 0 Å². The maximum absolute atomic E-state index is 12.1. The molecule has 3 aromatic rings. The Bertz CT molecular complexity index is 907. The first-order chi connectivity index (χ1) is 12.1. The van der Waals surface area contributed by atoms with Crippen LogP contribution in [0, 0.1) is 0 Å². The quantitative estimate of drug-likeness (QED) is 0.690. The van der Waals surface area contributed by atoms with Crippen LogP contribution in [0.5, 0.6) is 0 Å². The zero-order chi connectivity index (χ0) is 17.6. The fraction of sp³-hybridized carbons (Fsp3) is 0.0556. The van der Waals surface area contributed by atoms with Crippen LogP contribution < -0.4 is 5.32 Å². The van der Waals surface area contributed by atoms with Gasteiger partial charge in [-0.3, -0.25) is 4.79 Å². The Labute approximate surface area is 154 Å². The largest absolute Gasteiger partial charge is 0.348 e. The maximum atomic E-state index is 12.1. The van der Waals surface area contributed by atoms with Gasteiger partial charge in [-0.15, -0.1) is 0 Å². The fourth-order valence-electron chi connectivity index (χ4n) is 2.22. The zero-order valence-corrected chi connectivity index (χ0v) is 14.6. The van der Waals surface area contributed by atoms with Crippen molar-refractivity contribution in [1.29, 1.82) is 0 Å². The average molecular weight is 373 g/mol. The lowest BCUT2D eigenvalue weighted by Crippen LogP contribution is -2.21. The number of rotatable bonds is 5. The van der Waals surface area contributed by atoms with Crippen molar-refractivity contribution in [3.8, 4) is 5.82 Å². The Morgan fingerprint density at radius 3 is 2.84 bits per heavy atom. The number of aromatic nitrogens is 3. The summed E-state index contributed by atoms with van der Waals surface area (Å²) in [6.07, 6.45) is 8.20. The molecule has 0 saturated heterocycles. The van der Waals surface area contributed by atoms with Gasteiger partial charge in [0.2, 0.25) is 5.91 Å². The smallest absolute Gasteiger partial charge is 0.244 e. The molecule has 0 aliphatic rings. The van der Waals surface area contributed by atoms with Crippen LogP contribution in [0.15, 0.2) is 61.1 Å². The highest BCUT2D eigenvalue weighted by molar-refractivity contribution is 6.42. The Morgan fingerprint density at radius 2 is 2.04 bits per heavy atom. The van der Waals surface area contributed by atoms with Crippen molar-refractivity contribution in [3.05, 3.63) is 82.2 Å². The monoisotopic (exact) mass is 372 g/mol. The Hall–Kier alpha value is -2.63. The van der Waals surface area contributed by atoms with E-state index in [1.165, 1.54) is 6.08 Å². The van der Waals surface area contributed by atoms with Crippen LogP contribution in [-0.4, -0.2) is 20.7 Å². The average Bonchev–Trinajstić information content (AvgIpc) is 3.16. The minimum absolute atomic E-state index is 0.244. The summed E-state index contributed by atoms with van der Waals surface area (Å²) in [5.74, 6) is 0.431. The predicted octanol–water partition coefficient (Wildman–Crippen LogP) is 3.90. The standard InChI is InChI=1S/C18H14Cl2N4O/c19-15-6-1-4-13(17(15)20)7-8-16(25)22-12-14-5-2-9-21-18(14)24-11-3-10-23-24/h1-11H,12H2,(H,22,25)/b8-7+. The molecule has 1 amide bonds. The molecule has 2 aromatic heterocycles. The number of nitrogens with zero attached hydrogens (tertiary/aromatic N) is 3. The van der Waals surface area contributed by atoms with Gasteiger partial charge in [0, 0.05) is 36.8 Å². The van der Waals surface area contributed by atoms with Crippen LogP contribution >= 0.6 is 23.2 Å².